The minimum atomic E-state index is 0.454. The summed E-state index contributed by atoms with van der Waals surface area (Å²) in [6.07, 6.45) is 1.31. The smallest absolute Gasteiger partial charge is 0.198 e. The number of nitrogens with zero attached hydrogens (tertiary/aromatic N) is 3. The lowest BCUT2D eigenvalue weighted by molar-refractivity contribution is 0.153. The Balaban J connectivity index is 2.51. The van der Waals surface area contributed by atoms with Crippen LogP contribution in [0.2, 0.25) is 0 Å². The molecule has 0 fully saturated rings. The third kappa shape index (κ3) is 1.03. The minimum absolute atomic E-state index is 0.454. The highest BCUT2D eigenvalue weighted by molar-refractivity contribution is 5.53. The summed E-state index contributed by atoms with van der Waals surface area (Å²) in [4.78, 5) is 4.65. The Kier molecular flexibility index (Phi) is 1.51. The van der Waals surface area contributed by atoms with Crippen molar-refractivity contribution in [3.8, 4) is 11.4 Å². The van der Waals surface area contributed by atoms with E-state index in [-0.39, 0.29) is 0 Å². The first kappa shape index (κ1) is 6.84. The van der Waals surface area contributed by atoms with E-state index in [1.54, 1.807) is 0 Å². The molecule has 0 saturated heterocycles. The van der Waals surface area contributed by atoms with Gasteiger partial charge in [-0.25, -0.2) is 4.98 Å². The van der Waals surface area contributed by atoms with Gasteiger partial charge in [0.2, 0.25) is 0 Å². The van der Waals surface area contributed by atoms with Gasteiger partial charge in [-0.15, -0.1) is 5.10 Å². The Morgan fingerprint density at radius 1 is 1.17 bits per heavy atom. The first-order valence-electron chi connectivity index (χ1n) is 3.52. The van der Waals surface area contributed by atoms with Crippen LogP contribution < -0.4 is 0 Å². The molecular weight excluding hydrogens is 154 g/mol. The molecule has 2 rings (SSSR count). The van der Waals surface area contributed by atoms with Crippen molar-refractivity contribution in [3.63, 3.8) is 0 Å². The Morgan fingerprint density at radius 2 is 1.92 bits per heavy atom. The summed E-state index contributed by atoms with van der Waals surface area (Å²) in [6, 6.07) is 9.38. The Bertz CT molecular complexity index is 369. The predicted octanol–water partition coefficient (Wildman–Crippen LogP) is 1.18. The van der Waals surface area contributed by atoms with E-state index in [0.29, 0.717) is 5.82 Å². The van der Waals surface area contributed by atoms with E-state index in [1.165, 1.54) is 6.33 Å². The second-order valence-corrected chi connectivity index (χ2v) is 2.34. The van der Waals surface area contributed by atoms with E-state index in [2.05, 4.69) is 10.1 Å². The van der Waals surface area contributed by atoms with Gasteiger partial charge in [-0.2, -0.15) is 0 Å². The van der Waals surface area contributed by atoms with Crippen molar-refractivity contribution in [1.29, 1.82) is 0 Å². The summed E-state index contributed by atoms with van der Waals surface area (Å²) >= 11 is 0. The van der Waals surface area contributed by atoms with Crippen molar-refractivity contribution in [3.05, 3.63) is 36.7 Å². The monoisotopic (exact) mass is 161 g/mol. The van der Waals surface area contributed by atoms with E-state index in [0.717, 1.165) is 10.4 Å². The lowest BCUT2D eigenvalue weighted by atomic mass is 10.2. The second-order valence-electron chi connectivity index (χ2n) is 2.34. The van der Waals surface area contributed by atoms with Crippen LogP contribution in [0.5, 0.6) is 0 Å². The van der Waals surface area contributed by atoms with Crippen LogP contribution in [0.25, 0.3) is 11.4 Å². The molecule has 1 aromatic carbocycles. The maximum absolute atomic E-state index is 9.15. The van der Waals surface area contributed by atoms with E-state index in [9.17, 15) is 0 Å². The highest BCUT2D eigenvalue weighted by Gasteiger charge is 2.03. The first-order valence-corrected chi connectivity index (χ1v) is 3.52. The third-order valence-electron chi connectivity index (χ3n) is 1.56. The Labute approximate surface area is 69.1 Å². The molecule has 4 heteroatoms. The molecule has 2 aromatic rings. The van der Waals surface area contributed by atoms with E-state index < -0.39 is 0 Å². The quantitative estimate of drug-likeness (QED) is 0.639. The molecule has 1 aromatic heterocycles. The fourth-order valence-corrected chi connectivity index (χ4v) is 1.01. The fourth-order valence-electron chi connectivity index (χ4n) is 1.01. The van der Waals surface area contributed by atoms with Gasteiger partial charge in [0.05, 0.1) is 0 Å². The van der Waals surface area contributed by atoms with Crippen molar-refractivity contribution < 1.29 is 5.21 Å². The standard InChI is InChI=1S/C8H7N3O/c12-11-8(9-6-10-11)7-4-2-1-3-5-7/h1-6,12H. The second kappa shape index (κ2) is 2.65. The van der Waals surface area contributed by atoms with Gasteiger partial charge in [0, 0.05) is 5.56 Å². The molecule has 0 aliphatic carbocycles. The van der Waals surface area contributed by atoms with Crippen LogP contribution in [-0.4, -0.2) is 20.1 Å². The van der Waals surface area contributed by atoms with E-state index in [1.807, 2.05) is 30.3 Å². The van der Waals surface area contributed by atoms with Gasteiger partial charge >= 0.3 is 0 Å². The molecule has 0 unspecified atom stereocenters. The average molecular weight is 161 g/mol. The minimum Gasteiger partial charge on any atom is -0.410 e. The van der Waals surface area contributed by atoms with Gasteiger partial charge in [0.1, 0.15) is 6.33 Å². The van der Waals surface area contributed by atoms with Crippen molar-refractivity contribution in [2.24, 2.45) is 0 Å². The molecule has 0 saturated carbocycles. The van der Waals surface area contributed by atoms with Crippen LogP contribution in [0.4, 0.5) is 0 Å². The van der Waals surface area contributed by atoms with Gasteiger partial charge in [-0.05, 0) is 0 Å². The van der Waals surface area contributed by atoms with Crippen molar-refractivity contribution >= 4 is 0 Å². The molecule has 1 N–H and O–H groups in total. The van der Waals surface area contributed by atoms with Crippen molar-refractivity contribution in [2.75, 3.05) is 0 Å². The maximum atomic E-state index is 9.15. The molecule has 12 heavy (non-hydrogen) atoms. The zero-order valence-electron chi connectivity index (χ0n) is 6.25. The van der Waals surface area contributed by atoms with Gasteiger partial charge in [0.15, 0.2) is 5.82 Å². The van der Waals surface area contributed by atoms with Crippen LogP contribution in [0.1, 0.15) is 0 Å². The third-order valence-corrected chi connectivity index (χ3v) is 1.56. The highest BCUT2D eigenvalue weighted by Crippen LogP contribution is 2.13. The van der Waals surface area contributed by atoms with Gasteiger partial charge in [-0.3, -0.25) is 0 Å². The first-order chi connectivity index (χ1) is 5.88. The SMILES string of the molecule is On1ncnc1-c1ccccc1. The predicted molar refractivity (Wildman–Crippen MR) is 42.6 cm³/mol. The van der Waals surface area contributed by atoms with Crippen LogP contribution >= 0.6 is 0 Å². The molecule has 0 amide bonds. The zero-order valence-corrected chi connectivity index (χ0v) is 6.25. The molecule has 1 heterocycles. The molecule has 0 atom stereocenters. The molecule has 60 valence electrons. The molecule has 0 bridgehead atoms. The molecule has 0 aliphatic heterocycles. The number of rotatable bonds is 1. The summed E-state index contributed by atoms with van der Waals surface area (Å²) < 4.78 is 0. The summed E-state index contributed by atoms with van der Waals surface area (Å²) in [5.74, 6) is 0.454. The molecule has 0 aliphatic rings. The number of hydrogen-bond donors (Lipinski definition) is 1. The van der Waals surface area contributed by atoms with Crippen molar-refractivity contribution in [1.82, 2.24) is 14.9 Å². The van der Waals surface area contributed by atoms with Gasteiger partial charge in [0.25, 0.3) is 0 Å². The number of hydrogen-bond acceptors (Lipinski definition) is 3. The highest BCUT2D eigenvalue weighted by atomic mass is 16.5. The average Bonchev–Trinajstić information content (AvgIpc) is 2.53. The molecule has 0 spiro atoms. The van der Waals surface area contributed by atoms with E-state index >= 15 is 0 Å². The summed E-state index contributed by atoms with van der Waals surface area (Å²) in [7, 11) is 0. The largest absolute Gasteiger partial charge is 0.410 e. The van der Waals surface area contributed by atoms with Crippen LogP contribution in [0.3, 0.4) is 0 Å². The summed E-state index contributed by atoms with van der Waals surface area (Å²) in [6.45, 7) is 0. The summed E-state index contributed by atoms with van der Waals surface area (Å²) in [5.41, 5.74) is 0.845. The number of aromatic nitrogens is 3. The van der Waals surface area contributed by atoms with Crippen molar-refractivity contribution in [2.45, 2.75) is 0 Å². The number of benzene rings is 1. The zero-order chi connectivity index (χ0) is 8.39. The molecule has 4 nitrogen and oxygen atoms in total. The maximum Gasteiger partial charge on any atom is 0.198 e. The van der Waals surface area contributed by atoms with Gasteiger partial charge in [-0.1, -0.05) is 35.2 Å². The lowest BCUT2D eigenvalue weighted by Crippen LogP contribution is -1.95. The normalized spacial score (nSPS) is 10.0. The van der Waals surface area contributed by atoms with Crippen LogP contribution in [0.15, 0.2) is 36.7 Å². The molecular formula is C8H7N3O. The lowest BCUT2D eigenvalue weighted by Gasteiger charge is -1.96. The summed E-state index contributed by atoms with van der Waals surface area (Å²) in [5, 5.41) is 12.7. The fraction of sp³-hybridized carbons (Fsp3) is 0. The van der Waals surface area contributed by atoms with Crippen LogP contribution in [0, 0.1) is 0 Å². The van der Waals surface area contributed by atoms with Crippen LogP contribution in [-0.2, 0) is 0 Å². The Morgan fingerprint density at radius 3 is 2.50 bits per heavy atom. The topological polar surface area (TPSA) is 50.9 Å². The van der Waals surface area contributed by atoms with E-state index in [4.69, 9.17) is 5.21 Å². The molecule has 0 radical (unpaired) electrons. The van der Waals surface area contributed by atoms with Gasteiger partial charge < -0.3 is 5.21 Å². The Hall–Kier alpha value is -1.84.